The first-order valence-electron chi connectivity index (χ1n) is 10.0. The number of hydrogen-bond acceptors (Lipinski definition) is 6. The van der Waals surface area contributed by atoms with Crippen molar-refractivity contribution in [2.24, 2.45) is 11.8 Å². The molecule has 160 valence electrons. The Kier molecular flexibility index (Phi) is 5.65. The molecule has 3 unspecified atom stereocenters. The molecule has 30 heavy (non-hydrogen) atoms. The van der Waals surface area contributed by atoms with E-state index >= 15 is 0 Å². The maximum absolute atomic E-state index is 14.0. The smallest absolute Gasteiger partial charge is 0.413 e. The monoisotopic (exact) mass is 416 g/mol. The number of rotatable bonds is 3. The summed E-state index contributed by atoms with van der Waals surface area (Å²) in [6, 6.07) is 6.62. The summed E-state index contributed by atoms with van der Waals surface area (Å²) in [4.78, 5) is 28.3. The first-order valence-corrected chi connectivity index (χ1v) is 10.0. The van der Waals surface area contributed by atoms with Crippen LogP contribution in [-0.2, 0) is 19.0 Å². The number of allylic oxidation sites excluding steroid dienone is 1. The molecule has 8 heteroatoms. The molecule has 0 aromatic heterocycles. The summed E-state index contributed by atoms with van der Waals surface area (Å²) < 4.78 is 30.2. The summed E-state index contributed by atoms with van der Waals surface area (Å²) in [5, 5.41) is 0. The molecule has 1 aromatic carbocycles. The minimum Gasteiger partial charge on any atom is -0.466 e. The number of ether oxygens (including phenoxy) is 3. The van der Waals surface area contributed by atoms with Crippen molar-refractivity contribution in [3.05, 3.63) is 53.6 Å². The fraction of sp³-hybridized carbons (Fsp3) is 0.455. The number of benzene rings is 1. The summed E-state index contributed by atoms with van der Waals surface area (Å²) in [6.07, 6.45) is 2.80. The molecule has 1 aliphatic carbocycles. The van der Waals surface area contributed by atoms with Gasteiger partial charge in [-0.1, -0.05) is 23.8 Å². The number of methoxy groups -OCH3 is 1. The normalized spacial score (nSPS) is 25.6. The highest BCUT2D eigenvalue weighted by Gasteiger charge is 2.45. The number of piperazine rings is 1. The van der Waals surface area contributed by atoms with Crippen molar-refractivity contribution < 1.29 is 28.2 Å². The molecule has 0 spiro atoms. The van der Waals surface area contributed by atoms with Gasteiger partial charge in [-0.3, -0.25) is 0 Å². The number of carbonyl (C=O) groups excluding carboxylic acids is 2. The Bertz CT molecular complexity index is 891. The number of nitrogens with zero attached hydrogens (tertiary/aromatic N) is 2. The fourth-order valence-corrected chi connectivity index (χ4v) is 4.38. The number of hydrogen-bond donors (Lipinski definition) is 0. The van der Waals surface area contributed by atoms with Gasteiger partial charge < -0.3 is 24.0 Å². The molecule has 3 aliphatic rings. The minimum atomic E-state index is -0.792. The lowest BCUT2D eigenvalue weighted by Gasteiger charge is -2.38. The van der Waals surface area contributed by atoms with E-state index in [1.54, 1.807) is 23.1 Å². The molecule has 3 atom stereocenters. The highest BCUT2D eigenvalue weighted by Crippen LogP contribution is 2.43. The lowest BCUT2D eigenvalue weighted by molar-refractivity contribution is -0.142. The maximum Gasteiger partial charge on any atom is 0.413 e. The van der Waals surface area contributed by atoms with Gasteiger partial charge in [0.1, 0.15) is 5.82 Å². The van der Waals surface area contributed by atoms with E-state index in [2.05, 4.69) is 0 Å². The molecule has 2 heterocycles. The molecule has 4 rings (SSSR count). The Hall–Kier alpha value is -3.03. The van der Waals surface area contributed by atoms with Crippen molar-refractivity contribution in [1.29, 1.82) is 0 Å². The number of amides is 1. The Labute approximate surface area is 174 Å². The molecule has 1 saturated heterocycles. The van der Waals surface area contributed by atoms with Gasteiger partial charge in [0.25, 0.3) is 6.29 Å². The van der Waals surface area contributed by atoms with Gasteiger partial charge >= 0.3 is 12.1 Å². The topological polar surface area (TPSA) is 68.3 Å². The quantitative estimate of drug-likeness (QED) is 0.557. The average Bonchev–Trinajstić information content (AvgIpc) is 3.16. The summed E-state index contributed by atoms with van der Waals surface area (Å²) in [6.45, 7) is 3.82. The molecule has 0 bridgehead atoms. The maximum atomic E-state index is 14.0. The van der Waals surface area contributed by atoms with E-state index in [0.29, 0.717) is 43.9 Å². The number of anilines is 1. The van der Waals surface area contributed by atoms with Gasteiger partial charge in [-0.25, -0.2) is 14.0 Å². The van der Waals surface area contributed by atoms with Crippen LogP contribution in [0.3, 0.4) is 0 Å². The Balaban J connectivity index is 1.39. The van der Waals surface area contributed by atoms with Crippen molar-refractivity contribution in [3.8, 4) is 0 Å². The van der Waals surface area contributed by atoms with Crippen molar-refractivity contribution >= 4 is 17.7 Å². The van der Waals surface area contributed by atoms with Crippen LogP contribution in [0.4, 0.5) is 14.9 Å². The van der Waals surface area contributed by atoms with Crippen molar-refractivity contribution in [2.75, 3.05) is 38.2 Å². The fourth-order valence-electron chi connectivity index (χ4n) is 4.38. The molecule has 2 aliphatic heterocycles. The first-order chi connectivity index (χ1) is 14.5. The lowest BCUT2D eigenvalue weighted by atomic mass is 9.84. The number of para-hydroxylation sites is 1. The molecular weight excluding hydrogens is 391 g/mol. The van der Waals surface area contributed by atoms with E-state index in [-0.39, 0.29) is 17.7 Å². The molecule has 0 N–H and O–H groups in total. The number of esters is 1. The van der Waals surface area contributed by atoms with E-state index < -0.39 is 18.4 Å². The van der Waals surface area contributed by atoms with Crippen molar-refractivity contribution in [3.63, 3.8) is 0 Å². The molecule has 7 nitrogen and oxygen atoms in total. The van der Waals surface area contributed by atoms with E-state index in [0.717, 1.165) is 5.57 Å². The van der Waals surface area contributed by atoms with Crippen LogP contribution >= 0.6 is 0 Å². The van der Waals surface area contributed by atoms with E-state index in [9.17, 15) is 14.0 Å². The highest BCUT2D eigenvalue weighted by molar-refractivity contribution is 5.89. The standard InChI is InChI=1S/C22H25FN2O5/c1-14-7-8-15-16(20(26)28-2)13-29-21(19(14)15)30-22(27)25-11-9-24(10-12-25)18-6-4-3-5-17(18)23/h3-7,13,15,19,21H,8-12H2,1-2H3. The summed E-state index contributed by atoms with van der Waals surface area (Å²) in [7, 11) is 1.33. The Morgan fingerprint density at radius 3 is 2.60 bits per heavy atom. The Morgan fingerprint density at radius 1 is 1.17 bits per heavy atom. The third kappa shape index (κ3) is 3.74. The summed E-state index contributed by atoms with van der Waals surface area (Å²) >= 11 is 0. The summed E-state index contributed by atoms with van der Waals surface area (Å²) in [5.41, 5.74) is 2.02. The lowest BCUT2D eigenvalue weighted by Crippen LogP contribution is -2.50. The Morgan fingerprint density at radius 2 is 1.90 bits per heavy atom. The predicted molar refractivity (Wildman–Crippen MR) is 107 cm³/mol. The third-order valence-electron chi connectivity index (χ3n) is 6.04. The second kappa shape index (κ2) is 8.38. The van der Waals surface area contributed by atoms with Crippen LogP contribution in [0.5, 0.6) is 0 Å². The zero-order chi connectivity index (χ0) is 21.3. The number of carbonyl (C=O) groups is 2. The van der Waals surface area contributed by atoms with E-state index in [4.69, 9.17) is 14.2 Å². The molecular formula is C22H25FN2O5. The van der Waals surface area contributed by atoms with Crippen molar-refractivity contribution in [2.45, 2.75) is 19.6 Å². The van der Waals surface area contributed by atoms with E-state index in [1.807, 2.05) is 17.9 Å². The van der Waals surface area contributed by atoms with Gasteiger partial charge in [0, 0.05) is 32.1 Å². The zero-order valence-corrected chi connectivity index (χ0v) is 17.0. The SMILES string of the molecule is COC(=O)C1=COC(OC(=O)N2CCN(c3ccccc3F)CC2)C2C(C)=CCC12. The average molecular weight is 416 g/mol. The largest absolute Gasteiger partial charge is 0.466 e. The van der Waals surface area contributed by atoms with Crippen LogP contribution in [0, 0.1) is 17.7 Å². The van der Waals surface area contributed by atoms with Crippen LogP contribution in [-0.4, -0.2) is 56.5 Å². The first kappa shape index (κ1) is 20.3. The molecule has 1 fully saturated rings. The third-order valence-corrected chi connectivity index (χ3v) is 6.04. The number of fused-ring (bicyclic) bond motifs is 1. The van der Waals surface area contributed by atoms with Crippen LogP contribution in [0.2, 0.25) is 0 Å². The van der Waals surface area contributed by atoms with Gasteiger partial charge in [-0.15, -0.1) is 0 Å². The molecule has 1 aromatic rings. The van der Waals surface area contributed by atoms with Gasteiger partial charge in [-0.2, -0.15) is 0 Å². The highest BCUT2D eigenvalue weighted by atomic mass is 19.1. The van der Waals surface area contributed by atoms with Gasteiger partial charge in [0.15, 0.2) is 0 Å². The van der Waals surface area contributed by atoms with Crippen LogP contribution in [0.15, 0.2) is 47.7 Å². The molecule has 1 amide bonds. The van der Waals surface area contributed by atoms with Crippen LogP contribution < -0.4 is 4.90 Å². The minimum absolute atomic E-state index is 0.123. The van der Waals surface area contributed by atoms with E-state index in [1.165, 1.54) is 19.4 Å². The van der Waals surface area contributed by atoms with Gasteiger partial charge in [0.2, 0.25) is 0 Å². The van der Waals surface area contributed by atoms with Crippen LogP contribution in [0.1, 0.15) is 13.3 Å². The second-order valence-corrected chi connectivity index (χ2v) is 7.69. The molecule has 0 saturated carbocycles. The number of halogens is 1. The van der Waals surface area contributed by atoms with Crippen LogP contribution in [0.25, 0.3) is 0 Å². The van der Waals surface area contributed by atoms with Gasteiger partial charge in [0.05, 0.1) is 30.6 Å². The molecule has 0 radical (unpaired) electrons. The van der Waals surface area contributed by atoms with Gasteiger partial charge in [-0.05, 0) is 25.5 Å². The second-order valence-electron chi connectivity index (χ2n) is 7.69. The van der Waals surface area contributed by atoms with Crippen molar-refractivity contribution in [1.82, 2.24) is 4.90 Å². The predicted octanol–water partition coefficient (Wildman–Crippen LogP) is 3.08. The zero-order valence-electron chi connectivity index (χ0n) is 17.0. The summed E-state index contributed by atoms with van der Waals surface area (Å²) in [5.74, 6) is -1.04.